The summed E-state index contributed by atoms with van der Waals surface area (Å²) in [6.07, 6.45) is 1.68. The molecule has 2 rings (SSSR count). The van der Waals surface area contributed by atoms with Gasteiger partial charge in [0.15, 0.2) is 0 Å². The average molecular weight is 296 g/mol. The maximum atomic E-state index is 10.6. The van der Waals surface area contributed by atoms with E-state index in [4.69, 9.17) is 17.3 Å². The number of nitrogens with zero attached hydrogens (tertiary/aromatic N) is 2. The molecule has 1 aromatic carbocycles. The highest BCUT2D eigenvalue weighted by Crippen LogP contribution is 2.29. The summed E-state index contributed by atoms with van der Waals surface area (Å²) >= 11 is 7.55. The van der Waals surface area contributed by atoms with Crippen molar-refractivity contribution in [3.05, 3.63) is 57.2 Å². The minimum absolute atomic E-state index is 0.00657. The Morgan fingerprint density at radius 1 is 1.37 bits per heavy atom. The number of non-ortho nitro benzene ring substituents is 1. The molecule has 0 aliphatic rings. The maximum absolute atomic E-state index is 10.6. The largest absolute Gasteiger partial charge is 0.384 e. The summed E-state index contributed by atoms with van der Waals surface area (Å²) < 4.78 is 0. The molecule has 0 spiro atoms. The summed E-state index contributed by atoms with van der Waals surface area (Å²) in [4.78, 5) is 15.1. The van der Waals surface area contributed by atoms with Crippen molar-refractivity contribution < 1.29 is 4.92 Å². The number of nitrogen functional groups attached to an aromatic ring is 1. The van der Waals surface area contributed by atoms with E-state index in [1.165, 1.54) is 23.9 Å². The van der Waals surface area contributed by atoms with Gasteiger partial charge in [-0.2, -0.15) is 0 Å². The molecule has 0 atom stereocenters. The van der Waals surface area contributed by atoms with E-state index in [1.807, 2.05) is 6.07 Å². The molecule has 0 aliphatic heterocycles. The normalized spacial score (nSPS) is 10.4. The van der Waals surface area contributed by atoms with Gasteiger partial charge in [0.2, 0.25) is 0 Å². The Labute approximate surface area is 118 Å². The van der Waals surface area contributed by atoms with Gasteiger partial charge in [-0.15, -0.1) is 11.8 Å². The van der Waals surface area contributed by atoms with Crippen LogP contribution in [0.3, 0.4) is 0 Å². The minimum atomic E-state index is -0.466. The van der Waals surface area contributed by atoms with Crippen LogP contribution in [0.2, 0.25) is 5.02 Å². The summed E-state index contributed by atoms with van der Waals surface area (Å²) in [5.41, 5.74) is 6.33. The first-order chi connectivity index (χ1) is 9.06. The van der Waals surface area contributed by atoms with Gasteiger partial charge in [0.1, 0.15) is 5.82 Å². The van der Waals surface area contributed by atoms with Gasteiger partial charge in [0, 0.05) is 29.0 Å². The van der Waals surface area contributed by atoms with E-state index in [0.717, 1.165) is 10.5 Å². The molecule has 0 fully saturated rings. The van der Waals surface area contributed by atoms with Gasteiger partial charge < -0.3 is 5.73 Å². The van der Waals surface area contributed by atoms with E-state index < -0.39 is 4.92 Å². The fourth-order valence-corrected chi connectivity index (χ4v) is 2.59. The molecule has 2 aromatic rings. The van der Waals surface area contributed by atoms with Crippen LogP contribution in [0.25, 0.3) is 0 Å². The Kier molecular flexibility index (Phi) is 4.24. The number of benzene rings is 1. The summed E-state index contributed by atoms with van der Waals surface area (Å²) in [5, 5.41) is 11.0. The lowest BCUT2D eigenvalue weighted by molar-refractivity contribution is -0.384. The van der Waals surface area contributed by atoms with Gasteiger partial charge >= 0.3 is 0 Å². The first kappa shape index (κ1) is 13.6. The SMILES string of the molecule is Nc1ccc(SCc2ccc([N+](=O)[O-])cc2Cl)cn1. The molecule has 0 unspecified atom stereocenters. The molecular formula is C12H10ClN3O2S. The number of anilines is 1. The number of halogens is 1. The first-order valence-corrected chi connectivity index (χ1v) is 6.70. The lowest BCUT2D eigenvalue weighted by atomic mass is 10.2. The predicted molar refractivity (Wildman–Crippen MR) is 76.3 cm³/mol. The van der Waals surface area contributed by atoms with E-state index in [2.05, 4.69) is 4.98 Å². The van der Waals surface area contributed by atoms with Crippen LogP contribution >= 0.6 is 23.4 Å². The van der Waals surface area contributed by atoms with Crippen molar-refractivity contribution in [3.8, 4) is 0 Å². The zero-order chi connectivity index (χ0) is 13.8. The molecule has 0 radical (unpaired) electrons. The van der Waals surface area contributed by atoms with E-state index in [9.17, 15) is 10.1 Å². The standard InChI is InChI=1S/C12H10ClN3O2S/c13-11-5-9(16(17)18)2-1-8(11)7-19-10-3-4-12(14)15-6-10/h1-6H,7H2,(H2,14,15). The second-order valence-electron chi connectivity index (χ2n) is 3.74. The van der Waals surface area contributed by atoms with Gasteiger partial charge in [0.05, 0.1) is 9.95 Å². The molecule has 1 heterocycles. The number of hydrogen-bond donors (Lipinski definition) is 1. The zero-order valence-corrected chi connectivity index (χ0v) is 11.3. The van der Waals surface area contributed by atoms with E-state index >= 15 is 0 Å². The third-order valence-electron chi connectivity index (χ3n) is 2.40. The Hall–Kier alpha value is -1.79. The Bertz CT molecular complexity index is 604. The summed E-state index contributed by atoms with van der Waals surface area (Å²) in [6.45, 7) is 0. The maximum Gasteiger partial charge on any atom is 0.270 e. The fraction of sp³-hybridized carbons (Fsp3) is 0.0833. The molecule has 2 N–H and O–H groups in total. The predicted octanol–water partition coefficient (Wildman–Crippen LogP) is 3.52. The van der Waals surface area contributed by atoms with E-state index in [1.54, 1.807) is 18.3 Å². The topological polar surface area (TPSA) is 82.0 Å². The van der Waals surface area contributed by atoms with Crippen LogP contribution in [0.4, 0.5) is 11.5 Å². The van der Waals surface area contributed by atoms with Gasteiger partial charge in [-0.05, 0) is 23.8 Å². The van der Waals surface area contributed by atoms with Crippen LogP contribution in [-0.2, 0) is 5.75 Å². The summed E-state index contributed by atoms with van der Waals surface area (Å²) in [5.74, 6) is 1.08. The number of hydrogen-bond acceptors (Lipinski definition) is 5. The average Bonchev–Trinajstić information content (AvgIpc) is 2.39. The molecule has 98 valence electrons. The number of thioether (sulfide) groups is 1. The van der Waals surface area contributed by atoms with Crippen molar-refractivity contribution in [2.75, 3.05) is 5.73 Å². The van der Waals surface area contributed by atoms with Gasteiger partial charge in [0.25, 0.3) is 5.69 Å². The highest BCUT2D eigenvalue weighted by atomic mass is 35.5. The van der Waals surface area contributed by atoms with Crippen LogP contribution in [0.1, 0.15) is 5.56 Å². The number of nitro benzene ring substituents is 1. The molecular weight excluding hydrogens is 286 g/mol. The van der Waals surface area contributed by atoms with Crippen molar-refractivity contribution >= 4 is 34.9 Å². The summed E-state index contributed by atoms with van der Waals surface area (Å²) in [7, 11) is 0. The Balaban J connectivity index is 2.07. The number of rotatable bonds is 4. The van der Waals surface area contributed by atoms with Crippen LogP contribution in [-0.4, -0.2) is 9.91 Å². The van der Waals surface area contributed by atoms with Gasteiger partial charge in [-0.25, -0.2) is 4.98 Å². The molecule has 0 saturated heterocycles. The van der Waals surface area contributed by atoms with Gasteiger partial charge in [-0.1, -0.05) is 11.6 Å². The van der Waals surface area contributed by atoms with E-state index in [-0.39, 0.29) is 5.69 Å². The van der Waals surface area contributed by atoms with Crippen LogP contribution in [0.5, 0.6) is 0 Å². The first-order valence-electron chi connectivity index (χ1n) is 5.33. The van der Waals surface area contributed by atoms with Crippen molar-refractivity contribution in [1.82, 2.24) is 4.98 Å². The Morgan fingerprint density at radius 3 is 2.74 bits per heavy atom. The summed E-state index contributed by atoms with van der Waals surface area (Å²) in [6, 6.07) is 8.06. The minimum Gasteiger partial charge on any atom is -0.384 e. The lowest BCUT2D eigenvalue weighted by Crippen LogP contribution is -1.91. The number of nitrogens with two attached hydrogens (primary N) is 1. The molecule has 0 saturated carbocycles. The number of pyridine rings is 1. The fourth-order valence-electron chi connectivity index (χ4n) is 1.41. The number of aromatic nitrogens is 1. The second kappa shape index (κ2) is 5.90. The highest BCUT2D eigenvalue weighted by molar-refractivity contribution is 7.98. The van der Waals surface area contributed by atoms with Crippen LogP contribution in [0, 0.1) is 10.1 Å². The second-order valence-corrected chi connectivity index (χ2v) is 5.20. The highest BCUT2D eigenvalue weighted by Gasteiger charge is 2.09. The molecule has 19 heavy (non-hydrogen) atoms. The van der Waals surface area contributed by atoms with Crippen LogP contribution in [0.15, 0.2) is 41.4 Å². The lowest BCUT2D eigenvalue weighted by Gasteiger charge is -2.04. The van der Waals surface area contributed by atoms with E-state index in [0.29, 0.717) is 16.6 Å². The molecule has 0 bridgehead atoms. The monoisotopic (exact) mass is 295 g/mol. The third-order valence-corrected chi connectivity index (χ3v) is 3.78. The van der Waals surface area contributed by atoms with Crippen molar-refractivity contribution in [3.63, 3.8) is 0 Å². The van der Waals surface area contributed by atoms with Crippen molar-refractivity contribution in [1.29, 1.82) is 0 Å². The third kappa shape index (κ3) is 3.59. The quantitative estimate of drug-likeness (QED) is 0.530. The number of nitro groups is 1. The van der Waals surface area contributed by atoms with Crippen molar-refractivity contribution in [2.45, 2.75) is 10.6 Å². The molecule has 0 aliphatic carbocycles. The molecule has 7 heteroatoms. The van der Waals surface area contributed by atoms with Crippen molar-refractivity contribution in [2.24, 2.45) is 0 Å². The Morgan fingerprint density at radius 2 is 2.16 bits per heavy atom. The van der Waals surface area contributed by atoms with Crippen LogP contribution < -0.4 is 5.73 Å². The molecule has 1 aromatic heterocycles. The molecule has 0 amide bonds. The zero-order valence-electron chi connectivity index (χ0n) is 9.75. The van der Waals surface area contributed by atoms with Gasteiger partial charge in [-0.3, -0.25) is 10.1 Å². The smallest absolute Gasteiger partial charge is 0.270 e. The molecule has 5 nitrogen and oxygen atoms in total.